The minimum absolute atomic E-state index is 0.582. The molecule has 0 spiro atoms. The Hall–Kier alpha value is -2.09. The van der Waals surface area contributed by atoms with Gasteiger partial charge in [-0.1, -0.05) is 38.1 Å². The van der Waals surface area contributed by atoms with Crippen molar-refractivity contribution in [1.29, 1.82) is 0 Å². The summed E-state index contributed by atoms with van der Waals surface area (Å²) in [6.45, 7) is 9.62. The number of fused-ring (bicyclic) bond motifs is 1. The zero-order chi connectivity index (χ0) is 15.0. The summed E-state index contributed by atoms with van der Waals surface area (Å²) in [5.41, 5.74) is 7.62. The average Bonchev–Trinajstić information content (AvgIpc) is 2.82. The van der Waals surface area contributed by atoms with Gasteiger partial charge in [0.05, 0.1) is 17.4 Å². The van der Waals surface area contributed by atoms with E-state index >= 15 is 0 Å². The summed E-state index contributed by atoms with van der Waals surface area (Å²) in [6, 6.07) is 13.3. The maximum absolute atomic E-state index is 4.53. The molecular weight excluding hydrogens is 256 g/mol. The second-order valence-electron chi connectivity index (χ2n) is 6.19. The average molecular weight is 278 g/mol. The summed E-state index contributed by atoms with van der Waals surface area (Å²) in [5.74, 6) is 0.582. The van der Waals surface area contributed by atoms with E-state index in [1.54, 1.807) is 0 Å². The van der Waals surface area contributed by atoms with E-state index in [1.807, 2.05) is 6.33 Å². The Morgan fingerprint density at radius 1 is 1.00 bits per heavy atom. The quantitative estimate of drug-likeness (QED) is 0.671. The molecule has 21 heavy (non-hydrogen) atoms. The van der Waals surface area contributed by atoms with Gasteiger partial charge in [0.25, 0.3) is 0 Å². The molecule has 108 valence electrons. The largest absolute Gasteiger partial charge is 0.326 e. The predicted octanol–water partition coefficient (Wildman–Crippen LogP) is 4.82. The highest BCUT2D eigenvalue weighted by atomic mass is 15.0. The lowest BCUT2D eigenvalue weighted by molar-refractivity contribution is 0.818. The zero-order valence-electron chi connectivity index (χ0n) is 13.2. The molecule has 1 heterocycles. The molecule has 3 aromatic rings. The minimum Gasteiger partial charge on any atom is -0.326 e. The number of hydrogen-bond acceptors (Lipinski definition) is 1. The maximum Gasteiger partial charge on any atom is 0.0961 e. The van der Waals surface area contributed by atoms with Crippen LogP contribution in [0.1, 0.15) is 42.0 Å². The SMILES string of the molecule is Cc1cc2ncn(Cc3ccc(C(C)C)cc3)c2cc1C. The standard InChI is InChI=1S/C19H22N2/c1-13(2)17-7-5-16(6-8-17)11-21-12-20-18-9-14(3)15(4)10-19(18)21/h5-10,12-13H,11H2,1-4H3. The van der Waals surface area contributed by atoms with Crippen molar-refractivity contribution in [1.82, 2.24) is 9.55 Å². The minimum atomic E-state index is 0.582. The molecule has 0 amide bonds. The molecule has 0 aliphatic rings. The van der Waals surface area contributed by atoms with Gasteiger partial charge in [-0.05, 0) is 54.2 Å². The molecule has 0 bridgehead atoms. The van der Waals surface area contributed by atoms with Crippen LogP contribution in [0.15, 0.2) is 42.7 Å². The lowest BCUT2D eigenvalue weighted by Gasteiger charge is -2.09. The lowest BCUT2D eigenvalue weighted by Crippen LogP contribution is -1.99. The molecule has 2 aromatic carbocycles. The van der Waals surface area contributed by atoms with Crippen molar-refractivity contribution < 1.29 is 0 Å². The topological polar surface area (TPSA) is 17.8 Å². The fourth-order valence-corrected chi connectivity index (χ4v) is 2.64. The molecular formula is C19H22N2. The highest BCUT2D eigenvalue weighted by Crippen LogP contribution is 2.20. The molecule has 0 aliphatic carbocycles. The molecule has 1 aromatic heterocycles. The van der Waals surface area contributed by atoms with Crippen LogP contribution in [0.5, 0.6) is 0 Å². The van der Waals surface area contributed by atoms with Crippen LogP contribution in [-0.4, -0.2) is 9.55 Å². The van der Waals surface area contributed by atoms with Crippen LogP contribution >= 0.6 is 0 Å². The summed E-state index contributed by atoms with van der Waals surface area (Å²) in [7, 11) is 0. The third kappa shape index (κ3) is 2.71. The zero-order valence-corrected chi connectivity index (χ0v) is 13.2. The van der Waals surface area contributed by atoms with E-state index in [2.05, 4.69) is 73.6 Å². The fraction of sp³-hybridized carbons (Fsp3) is 0.316. The van der Waals surface area contributed by atoms with E-state index in [0.29, 0.717) is 5.92 Å². The molecule has 0 fully saturated rings. The van der Waals surface area contributed by atoms with Gasteiger partial charge in [-0.3, -0.25) is 0 Å². The normalized spacial score (nSPS) is 11.5. The van der Waals surface area contributed by atoms with Crippen molar-refractivity contribution in [3.8, 4) is 0 Å². The van der Waals surface area contributed by atoms with Gasteiger partial charge < -0.3 is 4.57 Å². The molecule has 0 saturated heterocycles. The van der Waals surface area contributed by atoms with Crippen molar-refractivity contribution in [2.75, 3.05) is 0 Å². The van der Waals surface area contributed by atoms with E-state index < -0.39 is 0 Å². The first-order valence-corrected chi connectivity index (χ1v) is 7.55. The number of hydrogen-bond donors (Lipinski definition) is 0. The van der Waals surface area contributed by atoms with Crippen LogP contribution in [0.25, 0.3) is 11.0 Å². The highest BCUT2D eigenvalue weighted by molar-refractivity contribution is 5.77. The molecule has 3 rings (SSSR count). The van der Waals surface area contributed by atoms with Crippen molar-refractivity contribution in [3.63, 3.8) is 0 Å². The second-order valence-corrected chi connectivity index (χ2v) is 6.19. The van der Waals surface area contributed by atoms with Gasteiger partial charge in [-0.15, -0.1) is 0 Å². The summed E-state index contributed by atoms with van der Waals surface area (Å²) in [4.78, 5) is 4.53. The van der Waals surface area contributed by atoms with Crippen LogP contribution in [0.2, 0.25) is 0 Å². The third-order valence-electron chi connectivity index (χ3n) is 4.24. The Morgan fingerprint density at radius 3 is 2.33 bits per heavy atom. The van der Waals surface area contributed by atoms with Crippen molar-refractivity contribution in [2.24, 2.45) is 0 Å². The molecule has 0 unspecified atom stereocenters. The van der Waals surface area contributed by atoms with Gasteiger partial charge >= 0.3 is 0 Å². The smallest absolute Gasteiger partial charge is 0.0961 e. The molecule has 0 atom stereocenters. The van der Waals surface area contributed by atoms with Crippen LogP contribution in [0.3, 0.4) is 0 Å². The van der Waals surface area contributed by atoms with E-state index in [0.717, 1.165) is 12.1 Å². The first-order chi connectivity index (χ1) is 10.0. The molecule has 2 nitrogen and oxygen atoms in total. The molecule has 0 N–H and O–H groups in total. The van der Waals surface area contributed by atoms with Crippen LogP contribution in [0, 0.1) is 13.8 Å². The number of aromatic nitrogens is 2. The highest BCUT2D eigenvalue weighted by Gasteiger charge is 2.06. The predicted molar refractivity (Wildman–Crippen MR) is 88.8 cm³/mol. The number of aryl methyl sites for hydroxylation is 2. The van der Waals surface area contributed by atoms with E-state index in [4.69, 9.17) is 0 Å². The van der Waals surface area contributed by atoms with Gasteiger partial charge in [0, 0.05) is 6.54 Å². The first kappa shape index (κ1) is 13.9. The molecule has 0 radical (unpaired) electrons. The van der Waals surface area contributed by atoms with Crippen molar-refractivity contribution in [2.45, 2.75) is 40.2 Å². The maximum atomic E-state index is 4.53. The Bertz CT molecular complexity index is 764. The summed E-state index contributed by atoms with van der Waals surface area (Å²) in [5, 5.41) is 0. The Morgan fingerprint density at radius 2 is 1.67 bits per heavy atom. The van der Waals surface area contributed by atoms with E-state index in [9.17, 15) is 0 Å². The lowest BCUT2D eigenvalue weighted by atomic mass is 10.0. The van der Waals surface area contributed by atoms with Gasteiger partial charge in [0.2, 0.25) is 0 Å². The first-order valence-electron chi connectivity index (χ1n) is 7.55. The van der Waals surface area contributed by atoms with Crippen LogP contribution < -0.4 is 0 Å². The van der Waals surface area contributed by atoms with Gasteiger partial charge in [-0.2, -0.15) is 0 Å². The molecule has 2 heteroatoms. The number of benzene rings is 2. The monoisotopic (exact) mass is 278 g/mol. The molecule has 0 saturated carbocycles. The van der Waals surface area contributed by atoms with Gasteiger partial charge in [0.1, 0.15) is 0 Å². The Balaban J connectivity index is 1.92. The Labute approximate surface area is 126 Å². The number of rotatable bonds is 3. The molecule has 0 aliphatic heterocycles. The number of nitrogens with zero attached hydrogens (tertiary/aromatic N) is 2. The second kappa shape index (κ2) is 5.36. The third-order valence-corrected chi connectivity index (χ3v) is 4.24. The van der Waals surface area contributed by atoms with Crippen molar-refractivity contribution >= 4 is 11.0 Å². The van der Waals surface area contributed by atoms with Gasteiger partial charge in [-0.25, -0.2) is 4.98 Å². The Kier molecular flexibility index (Phi) is 3.54. The summed E-state index contributed by atoms with van der Waals surface area (Å²) < 4.78 is 2.23. The van der Waals surface area contributed by atoms with E-state index in [-0.39, 0.29) is 0 Å². The van der Waals surface area contributed by atoms with Crippen molar-refractivity contribution in [3.05, 3.63) is 65.0 Å². The summed E-state index contributed by atoms with van der Waals surface area (Å²) in [6.07, 6.45) is 1.94. The fourth-order valence-electron chi connectivity index (χ4n) is 2.64. The van der Waals surface area contributed by atoms with E-state index in [1.165, 1.54) is 27.8 Å². The van der Waals surface area contributed by atoms with Crippen LogP contribution in [-0.2, 0) is 6.54 Å². The van der Waals surface area contributed by atoms with Crippen LogP contribution in [0.4, 0.5) is 0 Å². The number of imidazole rings is 1. The van der Waals surface area contributed by atoms with Gasteiger partial charge in [0.15, 0.2) is 0 Å². The summed E-state index contributed by atoms with van der Waals surface area (Å²) >= 11 is 0.